The summed E-state index contributed by atoms with van der Waals surface area (Å²) in [6.07, 6.45) is -1.01. The normalized spacial score (nSPS) is 28.6. The standard InChI is InChI=1S/C14H24N2O3.C2HF3O2/c1-18-10-8-16-7-5-14(16)4-6-15(11-14)13(17)12-3-2-9-19-12;3-2(4,5)1(6)7/h12H,2-11H2,1H3;(H,6,7). The molecule has 0 radical (unpaired) electrons. The van der Waals surface area contributed by atoms with Gasteiger partial charge >= 0.3 is 12.1 Å². The molecule has 2 atom stereocenters. The van der Waals surface area contributed by atoms with Gasteiger partial charge in [-0.25, -0.2) is 4.79 Å². The molecule has 3 heterocycles. The number of alkyl halides is 3. The maximum Gasteiger partial charge on any atom is 0.490 e. The summed E-state index contributed by atoms with van der Waals surface area (Å²) in [4.78, 5) is 25.8. The van der Waals surface area contributed by atoms with Crippen molar-refractivity contribution in [3.8, 4) is 0 Å². The van der Waals surface area contributed by atoms with Crippen LogP contribution in [0.25, 0.3) is 0 Å². The highest BCUT2D eigenvalue weighted by Gasteiger charge is 2.50. The van der Waals surface area contributed by atoms with Gasteiger partial charge in [-0.3, -0.25) is 9.69 Å². The lowest BCUT2D eigenvalue weighted by Gasteiger charge is -2.50. The van der Waals surface area contributed by atoms with Crippen molar-refractivity contribution in [3.05, 3.63) is 0 Å². The lowest BCUT2D eigenvalue weighted by molar-refractivity contribution is -0.192. The Morgan fingerprint density at radius 2 is 1.96 bits per heavy atom. The Kier molecular flexibility index (Phi) is 6.86. The SMILES string of the molecule is COCCN1CCC12CCN(C(=O)C1CCCO1)C2.O=C(O)C(F)(F)F. The summed E-state index contributed by atoms with van der Waals surface area (Å²) in [5, 5.41) is 7.12. The first-order chi connectivity index (χ1) is 12.2. The number of likely N-dealkylation sites (tertiary alicyclic amines) is 2. The number of halogens is 3. The van der Waals surface area contributed by atoms with Crippen molar-refractivity contribution in [2.75, 3.05) is 46.5 Å². The lowest BCUT2D eigenvalue weighted by Crippen LogP contribution is -2.62. The maximum absolute atomic E-state index is 12.4. The van der Waals surface area contributed by atoms with Crippen LogP contribution in [0.4, 0.5) is 13.2 Å². The highest BCUT2D eigenvalue weighted by Crippen LogP contribution is 2.39. The molecule has 0 aromatic carbocycles. The minimum Gasteiger partial charge on any atom is -0.475 e. The molecule has 3 aliphatic rings. The van der Waals surface area contributed by atoms with E-state index in [4.69, 9.17) is 19.4 Å². The van der Waals surface area contributed by atoms with Crippen LogP contribution in [0.5, 0.6) is 0 Å². The van der Waals surface area contributed by atoms with Gasteiger partial charge in [0.1, 0.15) is 6.10 Å². The van der Waals surface area contributed by atoms with Crippen molar-refractivity contribution < 1.29 is 37.3 Å². The van der Waals surface area contributed by atoms with Gasteiger partial charge in [-0.1, -0.05) is 0 Å². The van der Waals surface area contributed by atoms with E-state index in [0.29, 0.717) is 0 Å². The fraction of sp³-hybridized carbons (Fsp3) is 0.875. The maximum atomic E-state index is 12.4. The van der Waals surface area contributed by atoms with Gasteiger partial charge in [-0.05, 0) is 25.7 Å². The van der Waals surface area contributed by atoms with Crippen LogP contribution in [0, 0.1) is 0 Å². The first-order valence-electron chi connectivity index (χ1n) is 8.64. The van der Waals surface area contributed by atoms with Crippen LogP contribution in [-0.4, -0.2) is 91.1 Å². The van der Waals surface area contributed by atoms with E-state index in [-0.39, 0.29) is 17.6 Å². The number of nitrogens with zero attached hydrogens (tertiary/aromatic N) is 2. The number of carbonyl (C=O) groups is 2. The Balaban J connectivity index is 0.000000298. The molecule has 0 aromatic heterocycles. The summed E-state index contributed by atoms with van der Waals surface area (Å²) in [6, 6.07) is 0. The van der Waals surface area contributed by atoms with Crippen LogP contribution in [-0.2, 0) is 19.1 Å². The minimum absolute atomic E-state index is 0.164. The van der Waals surface area contributed by atoms with Crippen LogP contribution in [0.2, 0.25) is 0 Å². The van der Waals surface area contributed by atoms with E-state index >= 15 is 0 Å². The molecule has 1 N–H and O–H groups in total. The average Bonchev–Trinajstić information content (AvgIpc) is 3.24. The third-order valence-corrected chi connectivity index (χ3v) is 5.17. The van der Waals surface area contributed by atoms with Crippen molar-refractivity contribution >= 4 is 11.9 Å². The van der Waals surface area contributed by atoms with Crippen molar-refractivity contribution in [3.63, 3.8) is 0 Å². The molecule has 0 bridgehead atoms. The molecular formula is C16H25F3N2O5. The van der Waals surface area contributed by atoms with Gasteiger partial charge in [0.05, 0.1) is 6.61 Å². The molecule has 0 saturated carbocycles. The van der Waals surface area contributed by atoms with Gasteiger partial charge in [-0.2, -0.15) is 13.2 Å². The highest BCUT2D eigenvalue weighted by atomic mass is 19.4. The molecule has 7 nitrogen and oxygen atoms in total. The van der Waals surface area contributed by atoms with Crippen molar-refractivity contribution in [1.29, 1.82) is 0 Å². The third kappa shape index (κ3) is 4.86. The molecule has 150 valence electrons. The van der Waals surface area contributed by atoms with E-state index in [9.17, 15) is 18.0 Å². The zero-order chi connectivity index (χ0) is 19.4. The summed E-state index contributed by atoms with van der Waals surface area (Å²) < 4.78 is 42.4. The Labute approximate surface area is 150 Å². The molecule has 0 aromatic rings. The number of carbonyl (C=O) groups excluding carboxylic acids is 1. The zero-order valence-electron chi connectivity index (χ0n) is 14.8. The molecule has 3 fully saturated rings. The second-order valence-corrected chi connectivity index (χ2v) is 6.77. The predicted octanol–water partition coefficient (Wildman–Crippen LogP) is 1.12. The number of methoxy groups -OCH3 is 1. The first kappa shape index (κ1) is 20.9. The molecule has 26 heavy (non-hydrogen) atoms. The van der Waals surface area contributed by atoms with Crippen LogP contribution >= 0.6 is 0 Å². The van der Waals surface area contributed by atoms with Gasteiger partial charge < -0.3 is 19.5 Å². The number of amides is 1. The van der Waals surface area contributed by atoms with E-state index in [1.165, 1.54) is 6.42 Å². The van der Waals surface area contributed by atoms with Gasteiger partial charge in [0.25, 0.3) is 5.91 Å². The van der Waals surface area contributed by atoms with Gasteiger partial charge in [0, 0.05) is 45.4 Å². The van der Waals surface area contributed by atoms with Gasteiger partial charge in [-0.15, -0.1) is 0 Å². The summed E-state index contributed by atoms with van der Waals surface area (Å²) in [6.45, 7) is 5.43. The Morgan fingerprint density at radius 3 is 2.42 bits per heavy atom. The Bertz CT molecular complexity index is 511. The van der Waals surface area contributed by atoms with Crippen molar-refractivity contribution in [2.45, 2.75) is 43.5 Å². The molecular weight excluding hydrogens is 357 g/mol. The summed E-state index contributed by atoms with van der Waals surface area (Å²) in [5.41, 5.74) is 0.243. The highest BCUT2D eigenvalue weighted by molar-refractivity contribution is 5.81. The topological polar surface area (TPSA) is 79.3 Å². The van der Waals surface area contributed by atoms with E-state index in [0.717, 1.165) is 58.7 Å². The monoisotopic (exact) mass is 382 g/mol. The van der Waals surface area contributed by atoms with Crippen LogP contribution in [0.1, 0.15) is 25.7 Å². The van der Waals surface area contributed by atoms with E-state index in [1.54, 1.807) is 7.11 Å². The van der Waals surface area contributed by atoms with Gasteiger partial charge in [0.15, 0.2) is 0 Å². The fourth-order valence-electron chi connectivity index (χ4n) is 3.62. The number of ether oxygens (including phenoxy) is 2. The minimum atomic E-state index is -5.08. The molecule has 3 rings (SSSR count). The number of carboxylic acid groups (broad SMARTS) is 1. The number of carboxylic acids is 1. The van der Waals surface area contributed by atoms with E-state index in [2.05, 4.69) is 4.90 Å². The quantitative estimate of drug-likeness (QED) is 0.785. The summed E-state index contributed by atoms with van der Waals surface area (Å²) >= 11 is 0. The number of rotatable bonds is 4. The molecule has 3 saturated heterocycles. The number of hydrogen-bond acceptors (Lipinski definition) is 5. The third-order valence-electron chi connectivity index (χ3n) is 5.17. The molecule has 2 unspecified atom stereocenters. The Hall–Kier alpha value is -1.39. The van der Waals surface area contributed by atoms with Crippen molar-refractivity contribution in [1.82, 2.24) is 9.80 Å². The van der Waals surface area contributed by atoms with Crippen LogP contribution in [0.3, 0.4) is 0 Å². The number of hydrogen-bond donors (Lipinski definition) is 1. The second kappa shape index (κ2) is 8.53. The predicted molar refractivity (Wildman–Crippen MR) is 84.7 cm³/mol. The molecule has 0 aliphatic carbocycles. The molecule has 10 heteroatoms. The smallest absolute Gasteiger partial charge is 0.475 e. The largest absolute Gasteiger partial charge is 0.490 e. The van der Waals surface area contributed by atoms with Crippen molar-refractivity contribution in [2.24, 2.45) is 0 Å². The molecule has 1 spiro atoms. The van der Waals surface area contributed by atoms with Crippen LogP contribution in [0.15, 0.2) is 0 Å². The number of aliphatic carboxylic acids is 1. The van der Waals surface area contributed by atoms with E-state index < -0.39 is 12.1 Å². The van der Waals surface area contributed by atoms with Crippen LogP contribution < -0.4 is 0 Å². The molecule has 3 aliphatic heterocycles. The summed E-state index contributed by atoms with van der Waals surface area (Å²) in [5.74, 6) is -2.54. The zero-order valence-corrected chi connectivity index (χ0v) is 14.8. The second-order valence-electron chi connectivity index (χ2n) is 6.77. The lowest BCUT2D eigenvalue weighted by atomic mass is 9.84. The first-order valence-corrected chi connectivity index (χ1v) is 8.64. The Morgan fingerprint density at radius 1 is 1.31 bits per heavy atom. The summed E-state index contributed by atoms with van der Waals surface area (Å²) in [7, 11) is 1.74. The fourth-order valence-corrected chi connectivity index (χ4v) is 3.62. The van der Waals surface area contributed by atoms with E-state index in [1.807, 2.05) is 4.90 Å². The average molecular weight is 382 g/mol. The molecule has 1 amide bonds. The van der Waals surface area contributed by atoms with Gasteiger partial charge in [0.2, 0.25) is 0 Å².